The molecule has 310 valence electrons. The van der Waals surface area contributed by atoms with Crippen LogP contribution in [-0.2, 0) is 5.41 Å². The summed E-state index contributed by atoms with van der Waals surface area (Å²) in [5.74, 6) is 0. The normalized spacial score (nSPS) is 12.9. The van der Waals surface area contributed by atoms with Crippen molar-refractivity contribution in [2.24, 2.45) is 0 Å². The summed E-state index contributed by atoms with van der Waals surface area (Å²) in [5, 5.41) is 15.4. The van der Waals surface area contributed by atoms with Gasteiger partial charge in [-0.3, -0.25) is 0 Å². The van der Waals surface area contributed by atoms with Crippen molar-refractivity contribution in [2.75, 3.05) is 0 Å². The van der Waals surface area contributed by atoms with Gasteiger partial charge in [0.2, 0.25) is 0 Å². The van der Waals surface area contributed by atoms with E-state index in [1.165, 1.54) is 131 Å². The predicted molar refractivity (Wildman–Crippen MR) is 285 cm³/mol. The minimum Gasteiger partial charge on any atom is -0.0622 e. The number of rotatable bonds is 5. The second-order valence-corrected chi connectivity index (χ2v) is 18.3. The number of hydrogen-bond donors (Lipinski definition) is 0. The van der Waals surface area contributed by atoms with Crippen molar-refractivity contribution < 1.29 is 0 Å². The predicted octanol–water partition coefficient (Wildman–Crippen LogP) is 18.0. The third-order valence-corrected chi connectivity index (χ3v) is 14.9. The van der Waals surface area contributed by atoms with Gasteiger partial charge < -0.3 is 0 Å². The van der Waals surface area contributed by atoms with E-state index < -0.39 is 5.41 Å². The summed E-state index contributed by atoms with van der Waals surface area (Å²) in [5.41, 5.74) is 14.3. The monoisotopic (exact) mass is 846 g/mol. The maximum Gasteiger partial charge on any atom is 0.0714 e. The van der Waals surface area contributed by atoms with Crippen LogP contribution in [0.4, 0.5) is 0 Å². The van der Waals surface area contributed by atoms with Crippen molar-refractivity contribution in [3.63, 3.8) is 0 Å². The molecule has 0 saturated carbocycles. The van der Waals surface area contributed by atoms with E-state index in [1.807, 2.05) is 0 Å². The molecule has 0 nitrogen and oxygen atoms in total. The summed E-state index contributed by atoms with van der Waals surface area (Å²) in [4.78, 5) is 0. The lowest BCUT2D eigenvalue weighted by atomic mass is 9.67. The lowest BCUT2D eigenvalue weighted by molar-refractivity contribution is 0.769. The Labute approximate surface area is 389 Å². The van der Waals surface area contributed by atoms with Crippen LogP contribution in [0, 0.1) is 0 Å². The second-order valence-electron chi connectivity index (χ2n) is 18.3. The Morgan fingerprint density at radius 3 is 0.881 bits per heavy atom. The summed E-state index contributed by atoms with van der Waals surface area (Å²) in [7, 11) is 0. The first-order valence-corrected chi connectivity index (χ1v) is 23.4. The maximum atomic E-state index is 2.50. The molecule has 0 saturated heterocycles. The van der Waals surface area contributed by atoms with Gasteiger partial charge in [-0.15, -0.1) is 0 Å². The fourth-order valence-electron chi connectivity index (χ4n) is 11.9. The fourth-order valence-corrected chi connectivity index (χ4v) is 11.9. The van der Waals surface area contributed by atoms with Crippen molar-refractivity contribution in [3.8, 4) is 44.5 Å². The Morgan fingerprint density at radius 2 is 0.463 bits per heavy atom. The largest absolute Gasteiger partial charge is 0.0714 e. The maximum absolute atomic E-state index is 2.50. The van der Waals surface area contributed by atoms with E-state index in [4.69, 9.17) is 0 Å². The lowest BCUT2D eigenvalue weighted by Gasteiger charge is -2.34. The van der Waals surface area contributed by atoms with E-state index in [-0.39, 0.29) is 0 Å². The molecule has 1 aliphatic rings. The van der Waals surface area contributed by atoms with Gasteiger partial charge in [0.05, 0.1) is 5.41 Å². The average molecular weight is 847 g/mol. The highest BCUT2D eigenvalue weighted by atomic mass is 14.5. The van der Waals surface area contributed by atoms with Gasteiger partial charge in [0.1, 0.15) is 0 Å². The Hall–Kier alpha value is -8.58. The Bertz CT molecular complexity index is 3840. The average Bonchev–Trinajstić information content (AvgIpc) is 3.71. The molecule has 0 bridgehead atoms. The first kappa shape index (κ1) is 37.8. The minimum absolute atomic E-state index is 0.605. The molecular formula is C67H42. The van der Waals surface area contributed by atoms with Crippen LogP contribution in [0.3, 0.4) is 0 Å². The molecule has 13 aromatic rings. The molecule has 67 heavy (non-hydrogen) atoms. The van der Waals surface area contributed by atoms with Gasteiger partial charge in [-0.25, -0.2) is 0 Å². The van der Waals surface area contributed by atoms with Crippen LogP contribution in [0.1, 0.15) is 22.3 Å². The highest BCUT2D eigenvalue weighted by Gasteiger charge is 2.46. The molecule has 0 heteroatoms. The van der Waals surface area contributed by atoms with E-state index in [0.29, 0.717) is 0 Å². The molecule has 0 fully saturated rings. The van der Waals surface area contributed by atoms with Crippen LogP contribution >= 0.6 is 0 Å². The summed E-state index contributed by atoms with van der Waals surface area (Å²) in [6.07, 6.45) is 0. The lowest BCUT2D eigenvalue weighted by Crippen LogP contribution is -2.28. The van der Waals surface area contributed by atoms with Gasteiger partial charge in [0.25, 0.3) is 0 Å². The first-order chi connectivity index (χ1) is 33.2. The van der Waals surface area contributed by atoms with E-state index >= 15 is 0 Å². The Balaban J connectivity index is 1.01. The SMILES string of the molecule is c1ccc(-c2ccc(C3(c4ccccc4)c4cc(-c5ccc6c7ccccc7c7ccccc7c6c5)ccc4-c4ccc(-c5ccc6c7ccccc7c7ccccc7c6c5)cc43)cc2)cc1. The van der Waals surface area contributed by atoms with Crippen molar-refractivity contribution in [1.82, 2.24) is 0 Å². The molecule has 1 aliphatic carbocycles. The number of hydrogen-bond acceptors (Lipinski definition) is 0. The van der Waals surface area contributed by atoms with Crippen LogP contribution in [0.25, 0.3) is 109 Å². The van der Waals surface area contributed by atoms with Crippen LogP contribution in [0.15, 0.2) is 255 Å². The highest BCUT2D eigenvalue weighted by Crippen LogP contribution is 2.58. The molecule has 0 aromatic heterocycles. The third kappa shape index (κ3) is 5.60. The molecule has 0 spiro atoms. The van der Waals surface area contributed by atoms with Crippen molar-refractivity contribution in [2.45, 2.75) is 5.41 Å². The Kier molecular flexibility index (Phi) is 8.30. The third-order valence-electron chi connectivity index (χ3n) is 14.9. The van der Waals surface area contributed by atoms with Gasteiger partial charge in [-0.1, -0.05) is 231 Å². The zero-order valence-corrected chi connectivity index (χ0v) is 36.7. The van der Waals surface area contributed by atoms with Gasteiger partial charge in [0, 0.05) is 0 Å². The van der Waals surface area contributed by atoms with E-state index in [9.17, 15) is 0 Å². The molecule has 0 N–H and O–H groups in total. The molecule has 0 aliphatic heterocycles. The molecule has 0 atom stereocenters. The van der Waals surface area contributed by atoms with Crippen LogP contribution in [0.5, 0.6) is 0 Å². The summed E-state index contributed by atoms with van der Waals surface area (Å²) in [6.45, 7) is 0. The molecule has 13 aromatic carbocycles. The van der Waals surface area contributed by atoms with Crippen molar-refractivity contribution >= 4 is 64.6 Å². The first-order valence-electron chi connectivity index (χ1n) is 23.4. The molecule has 0 unspecified atom stereocenters. The molecule has 0 amide bonds. The van der Waals surface area contributed by atoms with Crippen LogP contribution in [0.2, 0.25) is 0 Å². The molecule has 0 heterocycles. The smallest absolute Gasteiger partial charge is 0.0622 e. The zero-order chi connectivity index (χ0) is 44.1. The van der Waals surface area contributed by atoms with Crippen molar-refractivity contribution in [3.05, 3.63) is 277 Å². The number of benzene rings is 13. The highest BCUT2D eigenvalue weighted by molar-refractivity contribution is 6.27. The van der Waals surface area contributed by atoms with E-state index in [1.54, 1.807) is 0 Å². The fraction of sp³-hybridized carbons (Fsp3) is 0.0149. The van der Waals surface area contributed by atoms with Gasteiger partial charge in [-0.05, 0) is 156 Å². The van der Waals surface area contributed by atoms with E-state index in [0.717, 1.165) is 0 Å². The standard InChI is InChI=1S/C67H42/c1-3-15-43(16-4-1)44-27-33-50(34-28-44)67(49-17-5-2-6-18-49)65-41-47(45-29-35-59-55-23-9-7-19-51(55)53-21-11-13-25-57(53)63(59)39-45)31-37-61(65)62-38-32-48(42-66(62)67)46-30-36-60-56-24-10-8-20-52(56)54-22-12-14-26-58(54)64(60)40-46/h1-42H. The zero-order valence-electron chi connectivity index (χ0n) is 36.7. The summed E-state index contributed by atoms with van der Waals surface area (Å²) >= 11 is 0. The summed E-state index contributed by atoms with van der Waals surface area (Å²) in [6, 6.07) is 95.5. The van der Waals surface area contributed by atoms with Crippen LogP contribution in [-0.4, -0.2) is 0 Å². The summed E-state index contributed by atoms with van der Waals surface area (Å²) < 4.78 is 0. The van der Waals surface area contributed by atoms with Crippen LogP contribution < -0.4 is 0 Å². The topological polar surface area (TPSA) is 0 Å². The van der Waals surface area contributed by atoms with Crippen molar-refractivity contribution in [1.29, 1.82) is 0 Å². The molecule has 14 rings (SSSR count). The molecular weight excluding hydrogens is 805 g/mol. The minimum atomic E-state index is -0.605. The van der Waals surface area contributed by atoms with Gasteiger partial charge >= 0.3 is 0 Å². The van der Waals surface area contributed by atoms with E-state index in [2.05, 4.69) is 255 Å². The Morgan fingerprint density at radius 1 is 0.179 bits per heavy atom. The second kappa shape index (κ2) is 14.7. The van der Waals surface area contributed by atoms with Gasteiger partial charge in [-0.2, -0.15) is 0 Å². The van der Waals surface area contributed by atoms with Gasteiger partial charge in [0.15, 0.2) is 0 Å². The quantitative estimate of drug-likeness (QED) is 0.151. The molecule has 0 radical (unpaired) electrons. The number of fused-ring (bicyclic) bond motifs is 15.